The van der Waals surface area contributed by atoms with Gasteiger partial charge in [-0.1, -0.05) is 13.8 Å². The lowest BCUT2D eigenvalue weighted by Crippen LogP contribution is -2.51. The third kappa shape index (κ3) is 4.01. The first-order chi connectivity index (χ1) is 8.18. The fourth-order valence-corrected chi connectivity index (χ4v) is 4.44. The lowest BCUT2D eigenvalue weighted by atomic mass is 9.92. The topological polar surface area (TPSA) is 85.1 Å². The smallest absolute Gasteiger partial charge is 0.252 e. The van der Waals surface area contributed by atoms with Gasteiger partial charge in [-0.05, 0) is 26.2 Å². The van der Waals surface area contributed by atoms with E-state index in [1.54, 1.807) is 6.92 Å². The Morgan fingerprint density at radius 3 is 2.56 bits per heavy atom. The number of sulfonamides is 1. The molecular weight excluding hydrogens is 270 g/mol. The van der Waals surface area contributed by atoms with Crippen LogP contribution >= 0.6 is 11.3 Å². The van der Waals surface area contributed by atoms with Crippen molar-refractivity contribution in [1.29, 1.82) is 0 Å². The third-order valence-corrected chi connectivity index (χ3v) is 5.57. The second-order valence-corrected chi connectivity index (χ2v) is 8.31. The molecule has 0 amide bonds. The highest BCUT2D eigenvalue weighted by Crippen LogP contribution is 2.22. The number of nitrogens with two attached hydrogens (primary N) is 1. The van der Waals surface area contributed by atoms with Crippen LogP contribution in [0.25, 0.3) is 0 Å². The Morgan fingerprint density at radius 1 is 1.56 bits per heavy atom. The van der Waals surface area contributed by atoms with Crippen LogP contribution in [0.1, 0.15) is 32.2 Å². The van der Waals surface area contributed by atoms with E-state index in [1.807, 2.05) is 20.8 Å². The maximum absolute atomic E-state index is 12.2. The van der Waals surface area contributed by atoms with E-state index in [0.29, 0.717) is 12.3 Å². The second-order valence-electron chi connectivity index (χ2n) is 5.17. The molecule has 0 spiro atoms. The summed E-state index contributed by atoms with van der Waals surface area (Å²) < 4.78 is 27.3. The highest BCUT2D eigenvalue weighted by molar-refractivity contribution is 7.91. The number of aromatic nitrogens is 1. The zero-order chi connectivity index (χ0) is 14.0. The first-order valence-corrected chi connectivity index (χ1v) is 8.15. The fraction of sp³-hybridized carbons (Fsp3) is 0.727. The lowest BCUT2D eigenvalue weighted by molar-refractivity contribution is 0.345. The number of aryl methyl sites for hydroxylation is 1. The number of rotatable bonds is 6. The molecule has 1 aromatic rings. The minimum atomic E-state index is -3.53. The molecule has 0 bridgehead atoms. The SMILES string of the molecule is Cc1ncc(S(=O)(=O)NC(C)(CN)CC(C)C)s1. The van der Waals surface area contributed by atoms with Gasteiger partial charge in [0, 0.05) is 12.1 Å². The molecule has 0 fully saturated rings. The highest BCUT2D eigenvalue weighted by Gasteiger charge is 2.31. The van der Waals surface area contributed by atoms with Crippen molar-refractivity contribution < 1.29 is 8.42 Å². The van der Waals surface area contributed by atoms with Crippen LogP contribution in [-0.4, -0.2) is 25.5 Å². The van der Waals surface area contributed by atoms with Crippen molar-refractivity contribution in [2.24, 2.45) is 11.7 Å². The van der Waals surface area contributed by atoms with Crippen molar-refractivity contribution in [2.75, 3.05) is 6.54 Å². The third-order valence-electron chi connectivity index (χ3n) is 2.55. The molecule has 0 aliphatic heterocycles. The van der Waals surface area contributed by atoms with E-state index in [9.17, 15) is 8.42 Å². The quantitative estimate of drug-likeness (QED) is 0.831. The molecule has 18 heavy (non-hydrogen) atoms. The monoisotopic (exact) mass is 291 g/mol. The molecule has 0 saturated carbocycles. The standard InChI is InChI=1S/C11H21N3O2S2/c1-8(2)5-11(4,7-12)14-18(15,16)10-6-13-9(3)17-10/h6,8,14H,5,7,12H2,1-4H3. The van der Waals surface area contributed by atoms with Gasteiger partial charge in [0.15, 0.2) is 4.21 Å². The Kier molecular flexibility index (Phi) is 4.88. The van der Waals surface area contributed by atoms with Gasteiger partial charge in [-0.2, -0.15) is 0 Å². The van der Waals surface area contributed by atoms with Crippen LogP contribution < -0.4 is 10.5 Å². The first-order valence-electron chi connectivity index (χ1n) is 5.85. The fourth-order valence-electron chi connectivity index (χ4n) is 1.91. The van der Waals surface area contributed by atoms with Crippen molar-refractivity contribution in [3.63, 3.8) is 0 Å². The van der Waals surface area contributed by atoms with Gasteiger partial charge in [0.05, 0.1) is 11.2 Å². The van der Waals surface area contributed by atoms with Crippen LogP contribution in [0.4, 0.5) is 0 Å². The summed E-state index contributed by atoms with van der Waals surface area (Å²) in [5.74, 6) is 0.365. The lowest BCUT2D eigenvalue weighted by Gasteiger charge is -2.30. The Balaban J connectivity index is 2.94. The average Bonchev–Trinajstić information content (AvgIpc) is 2.63. The largest absolute Gasteiger partial charge is 0.329 e. The molecule has 1 heterocycles. The van der Waals surface area contributed by atoms with Crippen molar-refractivity contribution >= 4 is 21.4 Å². The molecule has 1 rings (SSSR count). The van der Waals surface area contributed by atoms with Gasteiger partial charge in [-0.15, -0.1) is 11.3 Å². The van der Waals surface area contributed by atoms with Crippen LogP contribution in [0.3, 0.4) is 0 Å². The summed E-state index contributed by atoms with van der Waals surface area (Å²) in [6, 6.07) is 0. The molecule has 1 aromatic heterocycles. The number of thiazole rings is 1. The summed E-state index contributed by atoms with van der Waals surface area (Å²) in [7, 11) is -3.53. The second kappa shape index (κ2) is 5.64. The van der Waals surface area contributed by atoms with Crippen LogP contribution in [-0.2, 0) is 10.0 Å². The Labute approximate surface area is 113 Å². The van der Waals surface area contributed by atoms with Gasteiger partial charge < -0.3 is 5.73 Å². The zero-order valence-corrected chi connectivity index (χ0v) is 12.9. The van der Waals surface area contributed by atoms with E-state index in [1.165, 1.54) is 6.20 Å². The van der Waals surface area contributed by atoms with E-state index in [-0.39, 0.29) is 10.8 Å². The zero-order valence-electron chi connectivity index (χ0n) is 11.2. The molecular formula is C11H21N3O2S2. The molecule has 0 aromatic carbocycles. The van der Waals surface area contributed by atoms with Gasteiger partial charge in [-0.25, -0.2) is 18.1 Å². The van der Waals surface area contributed by atoms with Crippen LogP contribution in [0.2, 0.25) is 0 Å². The Morgan fingerprint density at radius 2 is 2.17 bits per heavy atom. The van der Waals surface area contributed by atoms with Crippen LogP contribution in [0.5, 0.6) is 0 Å². The van der Waals surface area contributed by atoms with Crippen molar-refractivity contribution in [3.8, 4) is 0 Å². The van der Waals surface area contributed by atoms with E-state index in [4.69, 9.17) is 5.73 Å². The van der Waals surface area contributed by atoms with Gasteiger partial charge in [0.25, 0.3) is 10.0 Å². The van der Waals surface area contributed by atoms with Gasteiger partial charge >= 0.3 is 0 Å². The summed E-state index contributed by atoms with van der Waals surface area (Å²) in [5.41, 5.74) is 5.09. The first kappa shape index (κ1) is 15.6. The molecule has 0 aliphatic carbocycles. The van der Waals surface area contributed by atoms with Gasteiger partial charge in [0.2, 0.25) is 0 Å². The van der Waals surface area contributed by atoms with Crippen molar-refractivity contribution in [1.82, 2.24) is 9.71 Å². The predicted molar refractivity (Wildman–Crippen MR) is 74.1 cm³/mol. The van der Waals surface area contributed by atoms with E-state index in [2.05, 4.69) is 9.71 Å². The number of nitrogens with zero attached hydrogens (tertiary/aromatic N) is 1. The van der Waals surface area contributed by atoms with Crippen molar-refractivity contribution in [3.05, 3.63) is 11.2 Å². The molecule has 5 nitrogen and oxygen atoms in total. The molecule has 0 radical (unpaired) electrons. The minimum absolute atomic E-state index is 0.239. The van der Waals surface area contributed by atoms with Gasteiger partial charge in [0.1, 0.15) is 0 Å². The van der Waals surface area contributed by atoms with E-state index in [0.717, 1.165) is 16.3 Å². The number of nitrogens with one attached hydrogen (secondary N) is 1. The molecule has 0 aliphatic rings. The van der Waals surface area contributed by atoms with E-state index < -0.39 is 15.6 Å². The average molecular weight is 291 g/mol. The number of hydrogen-bond acceptors (Lipinski definition) is 5. The van der Waals surface area contributed by atoms with Gasteiger partial charge in [-0.3, -0.25) is 0 Å². The molecule has 7 heteroatoms. The molecule has 3 N–H and O–H groups in total. The molecule has 1 atom stereocenters. The summed E-state index contributed by atoms with van der Waals surface area (Å²) >= 11 is 1.16. The number of hydrogen-bond donors (Lipinski definition) is 2. The van der Waals surface area contributed by atoms with Crippen LogP contribution in [0, 0.1) is 12.8 Å². The van der Waals surface area contributed by atoms with Crippen molar-refractivity contribution in [2.45, 2.75) is 43.9 Å². The highest BCUT2D eigenvalue weighted by atomic mass is 32.2. The Hall–Kier alpha value is -0.500. The maximum atomic E-state index is 12.2. The minimum Gasteiger partial charge on any atom is -0.329 e. The van der Waals surface area contributed by atoms with Crippen LogP contribution in [0.15, 0.2) is 10.4 Å². The molecule has 1 unspecified atom stereocenters. The predicted octanol–water partition coefficient (Wildman–Crippen LogP) is 1.49. The summed E-state index contributed by atoms with van der Waals surface area (Å²) in [4.78, 5) is 3.97. The summed E-state index contributed by atoms with van der Waals surface area (Å²) in [6.07, 6.45) is 2.08. The molecule has 104 valence electrons. The summed E-state index contributed by atoms with van der Waals surface area (Å²) in [6.45, 7) is 7.96. The van der Waals surface area contributed by atoms with E-state index >= 15 is 0 Å². The summed E-state index contributed by atoms with van der Waals surface area (Å²) in [5, 5.41) is 0.730. The molecule has 0 saturated heterocycles. The normalized spacial score (nSPS) is 15.9. The maximum Gasteiger partial charge on any atom is 0.252 e. The Bertz CT molecular complexity index is 496.